The van der Waals surface area contributed by atoms with Crippen molar-refractivity contribution in [2.24, 2.45) is 0 Å². The molecule has 1 aromatic carbocycles. The van der Waals surface area contributed by atoms with Gasteiger partial charge in [0.15, 0.2) is 0 Å². The number of hydrogen-bond donors (Lipinski definition) is 1. The molecule has 0 aromatic heterocycles. The average Bonchev–Trinajstić information content (AvgIpc) is 2.50. The van der Waals surface area contributed by atoms with E-state index in [0.717, 1.165) is 0 Å². The van der Waals surface area contributed by atoms with E-state index in [1.165, 1.54) is 6.07 Å². The number of benzene rings is 1. The van der Waals surface area contributed by atoms with Gasteiger partial charge in [0, 0.05) is 11.1 Å². The van der Waals surface area contributed by atoms with Crippen LogP contribution in [0.3, 0.4) is 0 Å². The first-order valence-electron chi connectivity index (χ1n) is 4.90. The zero-order valence-electron chi connectivity index (χ0n) is 8.99. The number of hydrogen-bond acceptors (Lipinski definition) is 3. The predicted octanol–water partition coefficient (Wildman–Crippen LogP) is 2.08. The Morgan fingerprint density at radius 2 is 2.06 bits per heavy atom. The van der Waals surface area contributed by atoms with Crippen molar-refractivity contribution in [2.75, 3.05) is 7.05 Å². The lowest BCUT2D eigenvalue weighted by atomic mass is 10.2. The summed E-state index contributed by atoms with van der Waals surface area (Å²) in [5.74, 6) is 0. The Morgan fingerprint density at radius 1 is 1.38 bits per heavy atom. The molecule has 0 saturated heterocycles. The first-order valence-corrected chi connectivity index (χ1v) is 6.76. The molecule has 1 N–H and O–H groups in total. The summed E-state index contributed by atoms with van der Waals surface area (Å²) < 4.78 is 24.3. The molecule has 1 atom stereocenters. The molecule has 2 rings (SSSR count). The Bertz CT molecular complexity index is 563. The third-order valence-corrected chi connectivity index (χ3v) is 4.99. The fraction of sp³-hybridized carbons (Fsp3) is 0.273. The molecule has 1 aromatic rings. The summed E-state index contributed by atoms with van der Waals surface area (Å²) >= 11 is 5.81. The Kier molecular flexibility index (Phi) is 2.82. The zero-order valence-corrected chi connectivity index (χ0v) is 10.6. The van der Waals surface area contributed by atoms with E-state index in [1.54, 1.807) is 25.3 Å². The maximum absolute atomic E-state index is 12.2. The molecule has 0 radical (unpaired) electrons. The normalized spacial score (nSPS) is 19.1. The van der Waals surface area contributed by atoms with Crippen molar-refractivity contribution in [1.29, 1.82) is 0 Å². The topological polar surface area (TPSA) is 46.2 Å². The quantitative estimate of drug-likeness (QED) is 0.882. The average molecular weight is 258 g/mol. The molecule has 0 saturated carbocycles. The van der Waals surface area contributed by atoms with E-state index in [4.69, 9.17) is 11.6 Å². The van der Waals surface area contributed by atoms with Gasteiger partial charge in [0.25, 0.3) is 0 Å². The van der Waals surface area contributed by atoms with Gasteiger partial charge >= 0.3 is 0 Å². The van der Waals surface area contributed by atoms with Gasteiger partial charge in [-0.15, -0.1) is 0 Å². The molecule has 1 heterocycles. The van der Waals surface area contributed by atoms with Crippen molar-refractivity contribution in [1.82, 2.24) is 5.32 Å². The van der Waals surface area contributed by atoms with Crippen molar-refractivity contribution in [2.45, 2.75) is 17.9 Å². The van der Waals surface area contributed by atoms with E-state index < -0.39 is 9.84 Å². The standard InChI is InChI=1S/C11H12ClNO2S/c1-7(13-2)10-5-8-3-4-9(12)6-11(8)16(10,14)15/h3-7,13H,1-2H3. The summed E-state index contributed by atoms with van der Waals surface area (Å²) in [6.45, 7) is 1.82. The molecular formula is C11H12ClNO2S. The molecule has 0 spiro atoms. The Hall–Kier alpha value is -0.840. The van der Waals surface area contributed by atoms with Gasteiger partial charge in [0.1, 0.15) is 0 Å². The summed E-state index contributed by atoms with van der Waals surface area (Å²) in [5.41, 5.74) is 0.710. The molecule has 5 heteroatoms. The highest BCUT2D eigenvalue weighted by atomic mass is 35.5. The van der Waals surface area contributed by atoms with Crippen LogP contribution in [0.1, 0.15) is 12.5 Å². The number of likely N-dealkylation sites (N-methyl/N-ethyl adjacent to an activating group) is 1. The highest BCUT2D eigenvalue weighted by molar-refractivity contribution is 7.96. The van der Waals surface area contributed by atoms with Gasteiger partial charge in [-0.2, -0.15) is 0 Å². The first-order chi connectivity index (χ1) is 7.46. The van der Waals surface area contributed by atoms with Crippen LogP contribution in [0.25, 0.3) is 6.08 Å². The second-order valence-electron chi connectivity index (χ2n) is 3.74. The predicted molar refractivity (Wildman–Crippen MR) is 65.1 cm³/mol. The van der Waals surface area contributed by atoms with Gasteiger partial charge in [-0.05, 0) is 37.7 Å². The van der Waals surface area contributed by atoms with Gasteiger partial charge in [-0.3, -0.25) is 0 Å². The molecule has 0 bridgehead atoms. The van der Waals surface area contributed by atoms with Crippen molar-refractivity contribution in [3.63, 3.8) is 0 Å². The largest absolute Gasteiger partial charge is 0.313 e. The Morgan fingerprint density at radius 3 is 2.69 bits per heavy atom. The molecular weight excluding hydrogens is 246 g/mol. The third-order valence-electron chi connectivity index (χ3n) is 2.73. The number of nitrogens with one attached hydrogen (secondary N) is 1. The van der Waals surface area contributed by atoms with Crippen molar-refractivity contribution < 1.29 is 8.42 Å². The summed E-state index contributed by atoms with van der Waals surface area (Å²) in [7, 11) is -1.63. The summed E-state index contributed by atoms with van der Waals surface area (Å²) in [6.07, 6.45) is 1.70. The van der Waals surface area contributed by atoms with Gasteiger partial charge in [-0.1, -0.05) is 17.7 Å². The lowest BCUT2D eigenvalue weighted by Gasteiger charge is -2.11. The van der Waals surface area contributed by atoms with Crippen LogP contribution in [-0.2, 0) is 9.84 Å². The summed E-state index contributed by atoms with van der Waals surface area (Å²) in [5, 5.41) is 3.37. The van der Waals surface area contributed by atoms with Crippen LogP contribution in [0.15, 0.2) is 28.0 Å². The van der Waals surface area contributed by atoms with Crippen molar-refractivity contribution >= 4 is 27.5 Å². The maximum atomic E-state index is 12.2. The van der Waals surface area contributed by atoms with Crippen LogP contribution in [0, 0.1) is 0 Å². The van der Waals surface area contributed by atoms with E-state index in [0.29, 0.717) is 20.4 Å². The SMILES string of the molecule is CNC(C)C1=Cc2ccc(Cl)cc2S1(=O)=O. The van der Waals surface area contributed by atoms with Gasteiger partial charge in [0.05, 0.1) is 9.80 Å². The minimum Gasteiger partial charge on any atom is -0.313 e. The molecule has 1 aliphatic rings. The Labute approximate surface area is 100 Å². The number of sulfone groups is 1. The molecule has 3 nitrogen and oxygen atoms in total. The number of fused-ring (bicyclic) bond motifs is 1. The van der Waals surface area contributed by atoms with Gasteiger partial charge in [0.2, 0.25) is 9.84 Å². The maximum Gasteiger partial charge on any atom is 0.204 e. The molecule has 1 unspecified atom stereocenters. The second kappa shape index (κ2) is 3.87. The second-order valence-corrected chi connectivity index (χ2v) is 6.10. The van der Waals surface area contributed by atoms with Gasteiger partial charge < -0.3 is 5.32 Å². The van der Waals surface area contributed by atoms with Crippen LogP contribution in [0.4, 0.5) is 0 Å². The van der Waals surface area contributed by atoms with E-state index in [-0.39, 0.29) is 6.04 Å². The molecule has 86 valence electrons. The molecule has 0 amide bonds. The van der Waals surface area contributed by atoms with E-state index in [1.807, 2.05) is 6.92 Å². The first kappa shape index (κ1) is 11.6. The number of rotatable bonds is 2. The lowest BCUT2D eigenvalue weighted by molar-refractivity contribution is 0.595. The van der Waals surface area contributed by atoms with Crippen LogP contribution >= 0.6 is 11.6 Å². The van der Waals surface area contributed by atoms with Crippen LogP contribution in [-0.4, -0.2) is 21.5 Å². The highest BCUT2D eigenvalue weighted by Crippen LogP contribution is 2.35. The summed E-state index contributed by atoms with van der Waals surface area (Å²) in [4.78, 5) is 0.698. The monoisotopic (exact) mass is 257 g/mol. The minimum absolute atomic E-state index is 0.198. The minimum atomic E-state index is -3.37. The van der Waals surface area contributed by atoms with E-state index >= 15 is 0 Å². The van der Waals surface area contributed by atoms with Crippen LogP contribution in [0.2, 0.25) is 5.02 Å². The van der Waals surface area contributed by atoms with Crippen LogP contribution in [0.5, 0.6) is 0 Å². The van der Waals surface area contributed by atoms with Crippen molar-refractivity contribution in [3.8, 4) is 0 Å². The molecule has 16 heavy (non-hydrogen) atoms. The molecule has 1 aliphatic heterocycles. The fourth-order valence-corrected chi connectivity index (χ4v) is 3.79. The fourth-order valence-electron chi connectivity index (χ4n) is 1.72. The molecule has 0 fully saturated rings. The third kappa shape index (κ3) is 1.67. The number of halogens is 1. The van der Waals surface area contributed by atoms with Gasteiger partial charge in [-0.25, -0.2) is 8.42 Å². The van der Waals surface area contributed by atoms with Crippen molar-refractivity contribution in [3.05, 3.63) is 33.7 Å². The lowest BCUT2D eigenvalue weighted by Crippen LogP contribution is -2.26. The van der Waals surface area contributed by atoms with E-state index in [9.17, 15) is 8.42 Å². The Balaban J connectivity index is 2.60. The summed E-state index contributed by atoms with van der Waals surface area (Å²) in [6, 6.07) is 4.72. The van der Waals surface area contributed by atoms with Crippen LogP contribution < -0.4 is 5.32 Å². The highest BCUT2D eigenvalue weighted by Gasteiger charge is 2.32. The van der Waals surface area contributed by atoms with E-state index in [2.05, 4.69) is 5.32 Å². The molecule has 0 aliphatic carbocycles. The smallest absolute Gasteiger partial charge is 0.204 e. The zero-order chi connectivity index (χ0) is 11.9.